The van der Waals surface area contributed by atoms with Crippen LogP contribution in [0, 0.1) is 0 Å². The number of anilines is 1. The molecule has 0 aliphatic carbocycles. The molecule has 1 aromatic heterocycles. The van der Waals surface area contributed by atoms with Crippen LogP contribution in [0.4, 0.5) is 5.69 Å². The van der Waals surface area contributed by atoms with Crippen LogP contribution < -0.4 is 10.7 Å². The molecule has 0 saturated heterocycles. The fraction of sp³-hybridized carbons (Fsp3) is 0. The second-order valence-electron chi connectivity index (χ2n) is 5.38. The molecular formula is C20H16N4O2. The summed E-state index contributed by atoms with van der Waals surface area (Å²) in [5.41, 5.74) is 4.75. The van der Waals surface area contributed by atoms with Crippen molar-refractivity contribution in [1.82, 2.24) is 10.4 Å². The lowest BCUT2D eigenvalue weighted by Crippen LogP contribution is -2.18. The Labute approximate surface area is 150 Å². The predicted molar refractivity (Wildman–Crippen MR) is 100 cm³/mol. The van der Waals surface area contributed by atoms with Crippen molar-refractivity contribution in [1.29, 1.82) is 0 Å². The number of amides is 2. The first-order valence-electron chi connectivity index (χ1n) is 7.92. The highest BCUT2D eigenvalue weighted by molar-refractivity contribution is 6.05. The molecule has 26 heavy (non-hydrogen) atoms. The quantitative estimate of drug-likeness (QED) is 0.551. The van der Waals surface area contributed by atoms with E-state index >= 15 is 0 Å². The van der Waals surface area contributed by atoms with Gasteiger partial charge in [-0.05, 0) is 48.0 Å². The van der Waals surface area contributed by atoms with E-state index in [1.807, 2.05) is 6.07 Å². The summed E-state index contributed by atoms with van der Waals surface area (Å²) in [6, 6.07) is 19.1. The van der Waals surface area contributed by atoms with E-state index in [-0.39, 0.29) is 11.8 Å². The Morgan fingerprint density at radius 1 is 0.846 bits per heavy atom. The summed E-state index contributed by atoms with van der Waals surface area (Å²) < 4.78 is 0. The third-order valence-electron chi connectivity index (χ3n) is 3.50. The molecule has 2 amide bonds. The molecule has 0 atom stereocenters. The average Bonchev–Trinajstić information content (AvgIpc) is 2.69. The van der Waals surface area contributed by atoms with Gasteiger partial charge in [0.05, 0.1) is 6.21 Å². The van der Waals surface area contributed by atoms with Gasteiger partial charge in [0.25, 0.3) is 11.8 Å². The van der Waals surface area contributed by atoms with Crippen molar-refractivity contribution < 1.29 is 9.59 Å². The molecule has 0 radical (unpaired) electrons. The molecule has 0 fully saturated rings. The molecule has 128 valence electrons. The molecule has 0 unspecified atom stereocenters. The molecule has 0 aliphatic rings. The van der Waals surface area contributed by atoms with Crippen molar-refractivity contribution in [3.63, 3.8) is 0 Å². The zero-order valence-electron chi connectivity index (χ0n) is 13.8. The second-order valence-corrected chi connectivity index (χ2v) is 5.38. The zero-order valence-corrected chi connectivity index (χ0v) is 13.8. The first kappa shape index (κ1) is 17.0. The summed E-state index contributed by atoms with van der Waals surface area (Å²) in [5, 5.41) is 6.69. The highest BCUT2D eigenvalue weighted by Gasteiger charge is 2.08. The van der Waals surface area contributed by atoms with Crippen LogP contribution >= 0.6 is 0 Å². The van der Waals surface area contributed by atoms with Crippen LogP contribution in [0.1, 0.15) is 26.3 Å². The van der Waals surface area contributed by atoms with E-state index in [1.54, 1.807) is 73.1 Å². The largest absolute Gasteiger partial charge is 0.322 e. The van der Waals surface area contributed by atoms with Crippen molar-refractivity contribution in [3.05, 3.63) is 95.8 Å². The van der Waals surface area contributed by atoms with Gasteiger partial charge in [0.2, 0.25) is 0 Å². The van der Waals surface area contributed by atoms with Crippen LogP contribution in [0.2, 0.25) is 0 Å². The van der Waals surface area contributed by atoms with Crippen molar-refractivity contribution in [2.75, 3.05) is 5.32 Å². The minimum Gasteiger partial charge on any atom is -0.322 e. The van der Waals surface area contributed by atoms with E-state index in [1.165, 1.54) is 6.21 Å². The van der Waals surface area contributed by atoms with Crippen molar-refractivity contribution in [3.8, 4) is 0 Å². The molecule has 3 aromatic rings. The predicted octanol–water partition coefficient (Wildman–Crippen LogP) is 3.10. The highest BCUT2D eigenvalue weighted by Crippen LogP contribution is 2.12. The standard InChI is InChI=1S/C20H16N4O2/c25-19(16-5-2-1-3-6-16)23-18-8-4-7-17(13-18)20(26)24-22-14-15-9-11-21-12-10-15/h1-14H,(H,23,25)(H,24,26)/b22-14+. The van der Waals surface area contributed by atoms with E-state index in [9.17, 15) is 9.59 Å². The summed E-state index contributed by atoms with van der Waals surface area (Å²) in [4.78, 5) is 28.3. The third-order valence-corrected chi connectivity index (χ3v) is 3.50. The van der Waals surface area contributed by atoms with Gasteiger partial charge >= 0.3 is 0 Å². The van der Waals surface area contributed by atoms with Crippen molar-refractivity contribution >= 4 is 23.7 Å². The minimum absolute atomic E-state index is 0.237. The van der Waals surface area contributed by atoms with Crippen molar-refractivity contribution in [2.45, 2.75) is 0 Å². The van der Waals surface area contributed by atoms with Crippen LogP contribution in [0.15, 0.2) is 84.2 Å². The van der Waals surface area contributed by atoms with Crippen LogP contribution in [0.5, 0.6) is 0 Å². The van der Waals surface area contributed by atoms with E-state index in [4.69, 9.17) is 0 Å². The van der Waals surface area contributed by atoms with Crippen LogP contribution in [-0.4, -0.2) is 23.0 Å². The van der Waals surface area contributed by atoms with Crippen LogP contribution in [0.3, 0.4) is 0 Å². The lowest BCUT2D eigenvalue weighted by Gasteiger charge is -2.07. The maximum Gasteiger partial charge on any atom is 0.271 e. The van der Waals surface area contributed by atoms with E-state index in [2.05, 4.69) is 20.8 Å². The molecule has 2 aromatic carbocycles. The minimum atomic E-state index is -0.369. The molecule has 0 aliphatic heterocycles. The summed E-state index contributed by atoms with van der Waals surface area (Å²) in [7, 11) is 0. The highest BCUT2D eigenvalue weighted by atomic mass is 16.2. The fourth-order valence-corrected chi connectivity index (χ4v) is 2.21. The van der Waals surface area contributed by atoms with Gasteiger partial charge in [0, 0.05) is 29.2 Å². The number of hydrazone groups is 1. The fourth-order valence-electron chi connectivity index (χ4n) is 2.21. The van der Waals surface area contributed by atoms with E-state index in [0.717, 1.165) is 5.56 Å². The SMILES string of the molecule is O=C(N/N=C/c1ccncc1)c1cccc(NC(=O)c2ccccc2)c1. The Morgan fingerprint density at radius 2 is 1.58 bits per heavy atom. The number of hydrogen-bond donors (Lipinski definition) is 2. The monoisotopic (exact) mass is 344 g/mol. The zero-order chi connectivity index (χ0) is 18.2. The van der Waals surface area contributed by atoms with Gasteiger partial charge in [-0.3, -0.25) is 14.6 Å². The molecular weight excluding hydrogens is 328 g/mol. The van der Waals surface area contributed by atoms with Crippen LogP contribution in [0.25, 0.3) is 0 Å². The molecule has 0 saturated carbocycles. The Hall–Kier alpha value is -3.80. The van der Waals surface area contributed by atoms with E-state index < -0.39 is 0 Å². The average molecular weight is 344 g/mol. The number of benzene rings is 2. The normalized spacial score (nSPS) is 10.5. The van der Waals surface area contributed by atoms with Gasteiger partial charge in [-0.2, -0.15) is 5.10 Å². The molecule has 0 spiro atoms. The number of nitrogens with one attached hydrogen (secondary N) is 2. The Kier molecular flexibility index (Phi) is 5.47. The lowest BCUT2D eigenvalue weighted by molar-refractivity contribution is 0.0953. The topological polar surface area (TPSA) is 83.4 Å². The Balaban J connectivity index is 1.64. The number of hydrogen-bond acceptors (Lipinski definition) is 4. The Bertz CT molecular complexity index is 925. The van der Waals surface area contributed by atoms with Gasteiger partial charge < -0.3 is 5.32 Å². The van der Waals surface area contributed by atoms with Gasteiger partial charge in [0.1, 0.15) is 0 Å². The number of pyridine rings is 1. The maximum atomic E-state index is 12.2. The van der Waals surface area contributed by atoms with Crippen molar-refractivity contribution in [2.24, 2.45) is 5.10 Å². The van der Waals surface area contributed by atoms with Gasteiger partial charge in [-0.15, -0.1) is 0 Å². The summed E-state index contributed by atoms with van der Waals surface area (Å²) >= 11 is 0. The van der Waals surface area contributed by atoms with Gasteiger partial charge in [0.15, 0.2) is 0 Å². The lowest BCUT2D eigenvalue weighted by atomic mass is 10.1. The number of nitrogens with zero attached hydrogens (tertiary/aromatic N) is 2. The number of rotatable bonds is 5. The number of aromatic nitrogens is 1. The number of carbonyl (C=O) groups excluding carboxylic acids is 2. The first-order valence-corrected chi connectivity index (χ1v) is 7.92. The summed E-state index contributed by atoms with van der Waals surface area (Å²) in [5.74, 6) is -0.606. The molecule has 6 heteroatoms. The van der Waals surface area contributed by atoms with Gasteiger partial charge in [-0.1, -0.05) is 24.3 Å². The second kappa shape index (κ2) is 8.34. The molecule has 6 nitrogen and oxygen atoms in total. The summed E-state index contributed by atoms with van der Waals surface area (Å²) in [6.07, 6.45) is 4.81. The van der Waals surface area contributed by atoms with Crippen LogP contribution in [-0.2, 0) is 0 Å². The van der Waals surface area contributed by atoms with E-state index in [0.29, 0.717) is 16.8 Å². The smallest absolute Gasteiger partial charge is 0.271 e. The number of carbonyl (C=O) groups is 2. The van der Waals surface area contributed by atoms with Gasteiger partial charge in [-0.25, -0.2) is 5.43 Å². The maximum absolute atomic E-state index is 12.2. The first-order chi connectivity index (χ1) is 12.7. The third kappa shape index (κ3) is 4.61. The summed E-state index contributed by atoms with van der Waals surface area (Å²) in [6.45, 7) is 0. The molecule has 1 heterocycles. The molecule has 3 rings (SSSR count). The molecule has 2 N–H and O–H groups in total. The Morgan fingerprint density at radius 3 is 2.35 bits per heavy atom. The molecule has 0 bridgehead atoms.